The van der Waals surface area contributed by atoms with Crippen molar-refractivity contribution in [2.45, 2.75) is 25.9 Å². The summed E-state index contributed by atoms with van der Waals surface area (Å²) in [4.78, 5) is 10.6. The minimum Gasteiger partial charge on any atom is -0.374 e. The van der Waals surface area contributed by atoms with Gasteiger partial charge in [-0.2, -0.15) is 13.2 Å². The van der Waals surface area contributed by atoms with Gasteiger partial charge >= 0.3 is 6.18 Å². The molecule has 0 radical (unpaired) electrons. The zero-order valence-corrected chi connectivity index (χ0v) is 6.78. The van der Waals surface area contributed by atoms with Crippen LogP contribution in [0.25, 0.3) is 0 Å². The molecule has 0 fully saturated rings. The van der Waals surface area contributed by atoms with Gasteiger partial charge in [-0.25, -0.2) is 0 Å². The van der Waals surface area contributed by atoms with Gasteiger partial charge in [0, 0.05) is 13.0 Å². The fourth-order valence-corrected chi connectivity index (χ4v) is 0.569. The largest absolute Gasteiger partial charge is 0.389 e. The highest BCUT2D eigenvalue weighted by atomic mass is 19.4. The van der Waals surface area contributed by atoms with E-state index in [0.717, 1.165) is 0 Å². The number of carbonyl (C=O) groups excluding carboxylic acids is 1. The molecule has 0 spiro atoms. The van der Waals surface area contributed by atoms with E-state index >= 15 is 0 Å². The van der Waals surface area contributed by atoms with Crippen molar-refractivity contribution in [2.24, 2.45) is 0 Å². The molecule has 12 heavy (non-hydrogen) atoms. The summed E-state index contributed by atoms with van der Waals surface area (Å²) >= 11 is 0. The highest BCUT2D eigenvalue weighted by Crippen LogP contribution is 2.21. The highest BCUT2D eigenvalue weighted by Gasteiger charge is 2.27. The molecule has 5 heteroatoms. The summed E-state index contributed by atoms with van der Waals surface area (Å²) in [5.74, 6) is -0.505. The van der Waals surface area contributed by atoms with Gasteiger partial charge in [-0.15, -0.1) is 0 Å². The summed E-state index contributed by atoms with van der Waals surface area (Å²) in [7, 11) is 0. The van der Waals surface area contributed by atoms with E-state index in [1.807, 2.05) is 0 Å². The Balaban J connectivity index is 3.44. The average molecular weight is 184 g/mol. The number of carbonyl (C=O) groups is 1. The van der Waals surface area contributed by atoms with Gasteiger partial charge in [0.25, 0.3) is 0 Å². The molecule has 0 unspecified atom stereocenters. The van der Waals surface area contributed by atoms with Crippen LogP contribution in [-0.2, 0) is 9.53 Å². The Morgan fingerprint density at radius 3 is 2.42 bits per heavy atom. The van der Waals surface area contributed by atoms with Crippen LogP contribution in [0.5, 0.6) is 0 Å². The second-order valence-electron chi connectivity index (χ2n) is 2.29. The first-order valence-electron chi connectivity index (χ1n) is 3.62. The second kappa shape index (κ2) is 5.13. The summed E-state index contributed by atoms with van der Waals surface area (Å²) in [5, 5.41) is 0. The van der Waals surface area contributed by atoms with Crippen LogP contribution in [0.2, 0.25) is 0 Å². The molecule has 0 aliphatic carbocycles. The monoisotopic (exact) mass is 184 g/mol. The van der Waals surface area contributed by atoms with E-state index in [2.05, 4.69) is 4.74 Å². The Kier molecular flexibility index (Phi) is 4.89. The van der Waals surface area contributed by atoms with Crippen molar-refractivity contribution in [3.8, 4) is 0 Å². The predicted octanol–water partition coefficient (Wildman–Crippen LogP) is 1.93. The van der Waals surface area contributed by atoms with E-state index < -0.39 is 24.8 Å². The Bertz CT molecular complexity index is 142. The third-order valence-corrected chi connectivity index (χ3v) is 1.15. The Hall–Kier alpha value is -0.580. The molecular formula is C7H11F3O2. The fraction of sp³-hybridized carbons (Fsp3) is 0.857. The van der Waals surface area contributed by atoms with Gasteiger partial charge in [0.1, 0.15) is 6.61 Å². The Morgan fingerprint density at radius 2 is 2.00 bits per heavy atom. The molecule has 0 N–H and O–H groups in total. The lowest BCUT2D eigenvalue weighted by Gasteiger charge is -2.04. The van der Waals surface area contributed by atoms with Crippen molar-refractivity contribution in [3.63, 3.8) is 0 Å². The summed E-state index contributed by atoms with van der Waals surface area (Å²) in [5.41, 5.74) is 0. The van der Waals surface area contributed by atoms with Crippen LogP contribution < -0.4 is 0 Å². The normalized spacial score (nSPS) is 11.7. The number of hydrogen-bond acceptors (Lipinski definition) is 2. The third-order valence-electron chi connectivity index (χ3n) is 1.15. The van der Waals surface area contributed by atoms with Gasteiger partial charge in [0.05, 0.1) is 6.42 Å². The lowest BCUT2D eigenvalue weighted by Crippen LogP contribution is -2.14. The number of rotatable bonds is 5. The number of halogens is 3. The van der Waals surface area contributed by atoms with Crippen molar-refractivity contribution in [1.82, 2.24) is 0 Å². The van der Waals surface area contributed by atoms with Crippen LogP contribution in [0.15, 0.2) is 0 Å². The van der Waals surface area contributed by atoms with Crippen molar-refractivity contribution in [2.75, 3.05) is 13.2 Å². The standard InChI is InChI=1S/C7H11F3O2/c1-2-12-5-6(11)3-4-7(8,9)10/h2-5H2,1H3. The van der Waals surface area contributed by atoms with E-state index in [1.165, 1.54) is 0 Å². The van der Waals surface area contributed by atoms with E-state index in [-0.39, 0.29) is 6.61 Å². The SMILES string of the molecule is CCOCC(=O)CCC(F)(F)F. The molecule has 0 aromatic carbocycles. The molecule has 0 amide bonds. The van der Waals surface area contributed by atoms with Gasteiger partial charge < -0.3 is 4.74 Å². The van der Waals surface area contributed by atoms with Gasteiger partial charge in [0.2, 0.25) is 0 Å². The predicted molar refractivity (Wildman–Crippen MR) is 36.8 cm³/mol. The van der Waals surface area contributed by atoms with Gasteiger partial charge in [-0.3, -0.25) is 4.79 Å². The zero-order chi connectivity index (χ0) is 9.61. The number of ether oxygens (including phenoxy) is 1. The molecule has 0 atom stereocenters. The maximum atomic E-state index is 11.5. The van der Waals surface area contributed by atoms with Crippen LogP contribution in [-0.4, -0.2) is 25.2 Å². The number of hydrogen-bond donors (Lipinski definition) is 0. The molecule has 2 nitrogen and oxygen atoms in total. The lowest BCUT2D eigenvalue weighted by molar-refractivity contribution is -0.144. The quantitative estimate of drug-likeness (QED) is 0.652. The smallest absolute Gasteiger partial charge is 0.374 e. The maximum Gasteiger partial charge on any atom is 0.389 e. The fourth-order valence-electron chi connectivity index (χ4n) is 0.569. The Labute approximate surface area is 68.7 Å². The van der Waals surface area contributed by atoms with Gasteiger partial charge in [-0.1, -0.05) is 0 Å². The molecule has 0 aliphatic heterocycles. The van der Waals surface area contributed by atoms with Gasteiger partial charge in [-0.05, 0) is 6.92 Å². The summed E-state index contributed by atoms with van der Waals surface area (Å²) in [6.45, 7) is 1.81. The zero-order valence-electron chi connectivity index (χ0n) is 6.78. The molecular weight excluding hydrogens is 173 g/mol. The molecule has 0 aromatic heterocycles. The first-order chi connectivity index (χ1) is 5.45. The average Bonchev–Trinajstić information content (AvgIpc) is 1.95. The summed E-state index contributed by atoms with van der Waals surface area (Å²) < 4.78 is 39.3. The van der Waals surface area contributed by atoms with Crippen LogP contribution in [0.3, 0.4) is 0 Å². The van der Waals surface area contributed by atoms with Crippen LogP contribution in [0.4, 0.5) is 13.2 Å². The molecule has 0 saturated carbocycles. The van der Waals surface area contributed by atoms with Crippen LogP contribution in [0, 0.1) is 0 Å². The minimum absolute atomic E-state index is 0.216. The molecule has 72 valence electrons. The van der Waals surface area contributed by atoms with Crippen molar-refractivity contribution in [3.05, 3.63) is 0 Å². The Morgan fingerprint density at radius 1 is 1.42 bits per heavy atom. The first kappa shape index (κ1) is 11.4. The summed E-state index contributed by atoms with van der Waals surface area (Å²) in [6, 6.07) is 0. The van der Waals surface area contributed by atoms with Crippen LogP contribution >= 0.6 is 0 Å². The number of Topliss-reactive ketones (excluding diaryl/α,β-unsaturated/α-hetero) is 1. The van der Waals surface area contributed by atoms with Crippen LogP contribution in [0.1, 0.15) is 19.8 Å². The van der Waals surface area contributed by atoms with Crippen molar-refractivity contribution in [1.29, 1.82) is 0 Å². The number of alkyl halides is 3. The van der Waals surface area contributed by atoms with E-state index in [9.17, 15) is 18.0 Å². The first-order valence-corrected chi connectivity index (χ1v) is 3.62. The second-order valence-corrected chi connectivity index (χ2v) is 2.29. The molecule has 0 rings (SSSR count). The molecule has 0 saturated heterocycles. The molecule has 0 aliphatic rings. The van der Waals surface area contributed by atoms with E-state index in [0.29, 0.717) is 6.61 Å². The summed E-state index contributed by atoms with van der Waals surface area (Å²) in [6.07, 6.45) is -5.79. The topological polar surface area (TPSA) is 26.3 Å². The van der Waals surface area contributed by atoms with Crippen molar-refractivity contribution >= 4 is 5.78 Å². The number of ketones is 1. The van der Waals surface area contributed by atoms with Gasteiger partial charge in [0.15, 0.2) is 5.78 Å². The highest BCUT2D eigenvalue weighted by molar-refractivity contribution is 5.79. The third kappa shape index (κ3) is 7.53. The molecule has 0 heterocycles. The molecule has 0 aromatic rings. The van der Waals surface area contributed by atoms with E-state index in [1.54, 1.807) is 6.92 Å². The van der Waals surface area contributed by atoms with Crippen molar-refractivity contribution < 1.29 is 22.7 Å². The minimum atomic E-state index is -4.25. The maximum absolute atomic E-state index is 11.5. The lowest BCUT2D eigenvalue weighted by atomic mass is 10.2. The van der Waals surface area contributed by atoms with E-state index in [4.69, 9.17) is 0 Å². The molecule has 0 bridgehead atoms.